The fraction of sp³-hybridized carbons (Fsp3) is 0.750. The molecule has 80 valence electrons. The predicted octanol–water partition coefficient (Wildman–Crippen LogP) is 3.55. The summed E-state index contributed by atoms with van der Waals surface area (Å²) in [4.78, 5) is 0. The summed E-state index contributed by atoms with van der Waals surface area (Å²) < 4.78 is 2.05. The smallest absolute Gasteiger partial charge is 0.0518 e. The maximum Gasteiger partial charge on any atom is 0.0518 e. The molecule has 0 saturated heterocycles. The van der Waals surface area contributed by atoms with Crippen LogP contribution in [0.3, 0.4) is 0 Å². The first-order valence-electron chi connectivity index (χ1n) is 5.82. The van der Waals surface area contributed by atoms with Crippen molar-refractivity contribution in [3.8, 4) is 0 Å². The summed E-state index contributed by atoms with van der Waals surface area (Å²) in [5.74, 6) is 0. The molecule has 1 heterocycles. The van der Waals surface area contributed by atoms with Crippen LogP contribution in [0.1, 0.15) is 51.0 Å². The number of aromatic nitrogens is 2. The Morgan fingerprint density at radius 1 is 1.14 bits per heavy atom. The lowest BCUT2D eigenvalue weighted by atomic mass is 10.1. The number of unbranched alkanes of at least 4 members (excludes halogenated alkanes) is 5. The Kier molecular flexibility index (Phi) is 5.35. The van der Waals surface area contributed by atoms with Gasteiger partial charge in [-0.05, 0) is 18.9 Å². The van der Waals surface area contributed by atoms with Crippen molar-refractivity contribution >= 4 is 0 Å². The number of rotatable bonds is 7. The molecule has 0 saturated carbocycles. The Bertz CT molecular complexity index is 240. The number of hydrogen-bond donors (Lipinski definition) is 0. The fourth-order valence-corrected chi connectivity index (χ4v) is 1.64. The molecular weight excluding hydrogens is 172 g/mol. The number of aryl methyl sites for hydroxylation is 2. The van der Waals surface area contributed by atoms with E-state index in [1.165, 1.54) is 44.1 Å². The summed E-state index contributed by atoms with van der Waals surface area (Å²) in [6, 6.07) is 0. The minimum atomic E-state index is 1.08. The molecule has 0 bridgehead atoms. The summed E-state index contributed by atoms with van der Waals surface area (Å²) in [6.45, 7) is 5.43. The van der Waals surface area contributed by atoms with E-state index in [-0.39, 0.29) is 0 Å². The molecule has 0 amide bonds. The molecule has 0 fully saturated rings. The van der Waals surface area contributed by atoms with Gasteiger partial charge in [-0.25, -0.2) is 0 Å². The van der Waals surface area contributed by atoms with Crippen LogP contribution < -0.4 is 0 Å². The average Bonchev–Trinajstić information content (AvgIpc) is 2.58. The van der Waals surface area contributed by atoms with Crippen molar-refractivity contribution in [2.24, 2.45) is 0 Å². The Hall–Kier alpha value is -0.790. The van der Waals surface area contributed by atoms with E-state index in [4.69, 9.17) is 0 Å². The van der Waals surface area contributed by atoms with Gasteiger partial charge in [0.1, 0.15) is 0 Å². The molecule has 2 heteroatoms. The van der Waals surface area contributed by atoms with Gasteiger partial charge in [-0.1, -0.05) is 39.0 Å². The standard InChI is InChI=1S/C12H22N2/c1-3-4-5-6-7-8-9-14-11-12(2)10-13-14/h10-11H,3-9H2,1-2H3. The zero-order valence-electron chi connectivity index (χ0n) is 9.50. The molecule has 0 aliphatic rings. The molecule has 0 radical (unpaired) electrons. The van der Waals surface area contributed by atoms with Gasteiger partial charge in [-0.3, -0.25) is 4.68 Å². The highest BCUT2D eigenvalue weighted by Crippen LogP contribution is 2.06. The summed E-state index contributed by atoms with van der Waals surface area (Å²) in [7, 11) is 0. The van der Waals surface area contributed by atoms with Crippen LogP contribution in [0.25, 0.3) is 0 Å². The van der Waals surface area contributed by atoms with E-state index in [2.05, 4.69) is 29.8 Å². The lowest BCUT2D eigenvalue weighted by Crippen LogP contribution is -1.97. The van der Waals surface area contributed by atoms with Crippen molar-refractivity contribution in [1.82, 2.24) is 9.78 Å². The van der Waals surface area contributed by atoms with E-state index >= 15 is 0 Å². The first-order valence-corrected chi connectivity index (χ1v) is 5.82. The Morgan fingerprint density at radius 2 is 1.86 bits per heavy atom. The third-order valence-corrected chi connectivity index (χ3v) is 2.50. The van der Waals surface area contributed by atoms with Gasteiger partial charge < -0.3 is 0 Å². The van der Waals surface area contributed by atoms with Gasteiger partial charge in [0.15, 0.2) is 0 Å². The summed E-state index contributed by atoms with van der Waals surface area (Å²) in [6.07, 6.45) is 12.2. The predicted molar refractivity (Wildman–Crippen MR) is 60.3 cm³/mol. The highest BCUT2D eigenvalue weighted by molar-refractivity contribution is 4.99. The molecule has 0 unspecified atom stereocenters. The molecule has 0 N–H and O–H groups in total. The molecular formula is C12H22N2. The molecule has 0 aromatic carbocycles. The van der Waals surface area contributed by atoms with Crippen LogP contribution >= 0.6 is 0 Å². The van der Waals surface area contributed by atoms with Crippen LogP contribution in [0, 0.1) is 6.92 Å². The first kappa shape index (κ1) is 11.3. The van der Waals surface area contributed by atoms with Gasteiger partial charge in [-0.15, -0.1) is 0 Å². The van der Waals surface area contributed by atoms with E-state index in [1.807, 2.05) is 6.20 Å². The van der Waals surface area contributed by atoms with E-state index in [0.29, 0.717) is 0 Å². The third kappa shape index (κ3) is 4.45. The summed E-state index contributed by atoms with van der Waals surface area (Å²) >= 11 is 0. The Morgan fingerprint density at radius 3 is 2.50 bits per heavy atom. The van der Waals surface area contributed by atoms with Gasteiger partial charge in [-0.2, -0.15) is 5.10 Å². The fourth-order valence-electron chi connectivity index (χ4n) is 1.64. The van der Waals surface area contributed by atoms with Crippen LogP contribution in [0.2, 0.25) is 0 Å². The van der Waals surface area contributed by atoms with E-state index in [9.17, 15) is 0 Å². The lowest BCUT2D eigenvalue weighted by molar-refractivity contribution is 0.527. The monoisotopic (exact) mass is 194 g/mol. The van der Waals surface area contributed by atoms with E-state index in [0.717, 1.165) is 6.54 Å². The second-order valence-corrected chi connectivity index (χ2v) is 4.05. The summed E-state index contributed by atoms with van der Waals surface area (Å²) in [5, 5.41) is 4.27. The second kappa shape index (κ2) is 6.63. The van der Waals surface area contributed by atoms with Crippen LogP contribution in [-0.4, -0.2) is 9.78 Å². The lowest BCUT2D eigenvalue weighted by Gasteiger charge is -2.01. The van der Waals surface area contributed by atoms with Crippen molar-refractivity contribution in [2.45, 2.75) is 58.9 Å². The zero-order chi connectivity index (χ0) is 10.2. The molecule has 14 heavy (non-hydrogen) atoms. The second-order valence-electron chi connectivity index (χ2n) is 4.05. The van der Waals surface area contributed by atoms with Gasteiger partial charge in [0.05, 0.1) is 6.20 Å². The van der Waals surface area contributed by atoms with Crippen molar-refractivity contribution in [2.75, 3.05) is 0 Å². The largest absolute Gasteiger partial charge is 0.272 e. The molecule has 0 aliphatic heterocycles. The molecule has 1 aromatic heterocycles. The SMILES string of the molecule is CCCCCCCCn1cc(C)cn1. The Balaban J connectivity index is 1.99. The van der Waals surface area contributed by atoms with Gasteiger partial charge in [0.25, 0.3) is 0 Å². The van der Waals surface area contributed by atoms with E-state index in [1.54, 1.807) is 0 Å². The van der Waals surface area contributed by atoms with Crippen molar-refractivity contribution < 1.29 is 0 Å². The van der Waals surface area contributed by atoms with E-state index < -0.39 is 0 Å². The zero-order valence-corrected chi connectivity index (χ0v) is 9.50. The van der Waals surface area contributed by atoms with Crippen LogP contribution in [-0.2, 0) is 6.54 Å². The van der Waals surface area contributed by atoms with Crippen molar-refractivity contribution in [3.63, 3.8) is 0 Å². The number of nitrogens with zero attached hydrogens (tertiary/aromatic N) is 2. The molecule has 1 aromatic rings. The molecule has 0 aliphatic carbocycles. The third-order valence-electron chi connectivity index (χ3n) is 2.50. The maximum atomic E-state index is 4.27. The van der Waals surface area contributed by atoms with Gasteiger partial charge in [0, 0.05) is 12.7 Å². The molecule has 1 rings (SSSR count). The van der Waals surface area contributed by atoms with Crippen LogP contribution in [0.15, 0.2) is 12.4 Å². The van der Waals surface area contributed by atoms with Crippen molar-refractivity contribution in [3.05, 3.63) is 18.0 Å². The quantitative estimate of drug-likeness (QED) is 0.607. The van der Waals surface area contributed by atoms with Crippen LogP contribution in [0.4, 0.5) is 0 Å². The maximum absolute atomic E-state index is 4.27. The van der Waals surface area contributed by atoms with Gasteiger partial charge in [0.2, 0.25) is 0 Å². The van der Waals surface area contributed by atoms with Crippen LogP contribution in [0.5, 0.6) is 0 Å². The normalized spacial score (nSPS) is 10.7. The first-order chi connectivity index (χ1) is 6.83. The molecule has 0 spiro atoms. The highest BCUT2D eigenvalue weighted by Gasteiger charge is 1.94. The highest BCUT2D eigenvalue weighted by atomic mass is 15.3. The summed E-state index contributed by atoms with van der Waals surface area (Å²) in [5.41, 5.74) is 1.26. The topological polar surface area (TPSA) is 17.8 Å². The van der Waals surface area contributed by atoms with Gasteiger partial charge >= 0.3 is 0 Å². The molecule has 0 atom stereocenters. The number of hydrogen-bond acceptors (Lipinski definition) is 1. The average molecular weight is 194 g/mol. The minimum Gasteiger partial charge on any atom is -0.272 e. The van der Waals surface area contributed by atoms with Crippen molar-refractivity contribution in [1.29, 1.82) is 0 Å². The Labute approximate surface area is 87.3 Å². The molecule has 2 nitrogen and oxygen atoms in total. The minimum absolute atomic E-state index is 1.08.